The molecule has 0 unspecified atom stereocenters. The van der Waals surface area contributed by atoms with Gasteiger partial charge in [-0.1, -0.05) is 0 Å². The van der Waals surface area contributed by atoms with Gasteiger partial charge >= 0.3 is 0 Å². The first-order chi connectivity index (χ1) is 7.74. The van der Waals surface area contributed by atoms with Crippen LogP contribution in [0, 0.1) is 0 Å². The van der Waals surface area contributed by atoms with Gasteiger partial charge in [-0.3, -0.25) is 9.89 Å². The summed E-state index contributed by atoms with van der Waals surface area (Å²) in [5, 5.41) is 15.8. The number of hydrogen-bond acceptors (Lipinski definition) is 3. The summed E-state index contributed by atoms with van der Waals surface area (Å²) in [6.45, 7) is 0.329. The quantitative estimate of drug-likeness (QED) is 0.777. The maximum Gasteiger partial charge on any atom is 0.274 e. The van der Waals surface area contributed by atoms with Crippen molar-refractivity contribution in [3.05, 3.63) is 17.0 Å². The van der Waals surface area contributed by atoms with Gasteiger partial charge in [-0.15, -0.1) is 0 Å². The van der Waals surface area contributed by atoms with Crippen LogP contribution >= 0.6 is 0 Å². The van der Waals surface area contributed by atoms with Crippen LogP contribution in [0.1, 0.15) is 34.6 Å². The second kappa shape index (κ2) is 4.65. The lowest BCUT2D eigenvalue weighted by Crippen LogP contribution is -2.30. The predicted molar refractivity (Wildman–Crippen MR) is 59.3 cm³/mol. The van der Waals surface area contributed by atoms with Crippen LogP contribution < -0.4 is 0 Å². The van der Waals surface area contributed by atoms with E-state index >= 15 is 0 Å². The zero-order valence-corrected chi connectivity index (χ0v) is 9.49. The highest BCUT2D eigenvalue weighted by molar-refractivity contribution is 5.93. The Kier molecular flexibility index (Phi) is 3.24. The Bertz CT molecular complexity index is 387. The van der Waals surface area contributed by atoms with E-state index in [0.717, 1.165) is 36.9 Å². The van der Waals surface area contributed by atoms with Crippen LogP contribution in [-0.2, 0) is 12.8 Å². The van der Waals surface area contributed by atoms with Crippen LogP contribution in [0.5, 0.6) is 0 Å². The number of amides is 1. The van der Waals surface area contributed by atoms with Gasteiger partial charge in [-0.05, 0) is 25.7 Å². The van der Waals surface area contributed by atoms with Gasteiger partial charge in [0, 0.05) is 24.8 Å². The number of aromatic amines is 1. The van der Waals surface area contributed by atoms with Gasteiger partial charge in [0.1, 0.15) is 0 Å². The summed E-state index contributed by atoms with van der Waals surface area (Å²) in [5.41, 5.74) is 2.71. The Morgan fingerprint density at radius 3 is 3.00 bits per heavy atom. The van der Waals surface area contributed by atoms with Crippen molar-refractivity contribution in [3.8, 4) is 0 Å². The molecular weight excluding hydrogens is 206 g/mol. The normalized spacial score (nSPS) is 14.6. The molecule has 2 N–H and O–H groups in total. The number of aliphatic hydroxyl groups is 1. The zero-order valence-electron chi connectivity index (χ0n) is 9.49. The average molecular weight is 223 g/mol. The monoisotopic (exact) mass is 223 g/mol. The van der Waals surface area contributed by atoms with Crippen molar-refractivity contribution in [3.63, 3.8) is 0 Å². The Balaban J connectivity index is 2.20. The van der Waals surface area contributed by atoms with Gasteiger partial charge in [-0.2, -0.15) is 5.10 Å². The van der Waals surface area contributed by atoms with Crippen LogP contribution in [0.25, 0.3) is 0 Å². The summed E-state index contributed by atoms with van der Waals surface area (Å²) in [7, 11) is 1.68. The van der Waals surface area contributed by atoms with E-state index in [1.165, 1.54) is 4.90 Å². The van der Waals surface area contributed by atoms with Gasteiger partial charge in [0.15, 0.2) is 5.69 Å². The largest absolute Gasteiger partial charge is 0.395 e. The van der Waals surface area contributed by atoms with Gasteiger partial charge in [0.2, 0.25) is 0 Å². The first-order valence-corrected chi connectivity index (χ1v) is 5.66. The molecule has 5 heteroatoms. The third-order valence-corrected chi connectivity index (χ3v) is 3.04. The fourth-order valence-corrected chi connectivity index (χ4v) is 2.09. The van der Waals surface area contributed by atoms with E-state index in [0.29, 0.717) is 12.2 Å². The highest BCUT2D eigenvalue weighted by Gasteiger charge is 2.23. The van der Waals surface area contributed by atoms with Crippen molar-refractivity contribution in [2.75, 3.05) is 20.2 Å². The number of carbonyl (C=O) groups is 1. The molecule has 1 aliphatic rings. The number of aliphatic hydroxyl groups excluding tert-OH is 1. The second-order valence-corrected chi connectivity index (χ2v) is 4.19. The van der Waals surface area contributed by atoms with E-state index in [4.69, 9.17) is 5.11 Å². The molecule has 0 saturated carbocycles. The standard InChI is InChI=1S/C11H17N3O2/c1-14(6-7-15)11(16)10-8-4-2-3-5-9(8)12-13-10/h15H,2-7H2,1H3,(H,12,13). The number of aryl methyl sites for hydroxylation is 1. The van der Waals surface area contributed by atoms with Crippen molar-refractivity contribution < 1.29 is 9.90 Å². The Hall–Kier alpha value is -1.36. The number of likely N-dealkylation sites (N-methyl/N-ethyl adjacent to an activating group) is 1. The lowest BCUT2D eigenvalue weighted by atomic mass is 9.95. The first kappa shape index (κ1) is 11.1. The van der Waals surface area contributed by atoms with Crippen LogP contribution in [-0.4, -0.2) is 46.3 Å². The SMILES string of the molecule is CN(CCO)C(=O)c1n[nH]c2c1CCCC2. The Morgan fingerprint density at radius 2 is 2.25 bits per heavy atom. The van der Waals surface area contributed by atoms with Gasteiger partial charge < -0.3 is 10.0 Å². The second-order valence-electron chi connectivity index (χ2n) is 4.19. The van der Waals surface area contributed by atoms with Crippen molar-refractivity contribution in [1.82, 2.24) is 15.1 Å². The summed E-state index contributed by atoms with van der Waals surface area (Å²) >= 11 is 0. The summed E-state index contributed by atoms with van der Waals surface area (Å²) in [6.07, 6.45) is 4.20. The molecule has 0 radical (unpaired) electrons. The highest BCUT2D eigenvalue weighted by atomic mass is 16.3. The summed E-state index contributed by atoms with van der Waals surface area (Å²) in [4.78, 5) is 13.5. The molecule has 0 atom stereocenters. The summed E-state index contributed by atoms with van der Waals surface area (Å²) in [5.74, 6) is -0.103. The molecule has 1 aromatic rings. The molecular formula is C11H17N3O2. The van der Waals surface area contributed by atoms with Gasteiger partial charge in [0.25, 0.3) is 5.91 Å². The van der Waals surface area contributed by atoms with Crippen LogP contribution in [0.3, 0.4) is 0 Å². The molecule has 0 aliphatic heterocycles. The molecule has 0 bridgehead atoms. The van der Waals surface area contributed by atoms with Crippen molar-refractivity contribution >= 4 is 5.91 Å². The van der Waals surface area contributed by atoms with E-state index < -0.39 is 0 Å². The molecule has 1 aromatic heterocycles. The minimum Gasteiger partial charge on any atom is -0.395 e. The molecule has 1 heterocycles. The molecule has 2 rings (SSSR count). The summed E-state index contributed by atoms with van der Waals surface area (Å²) in [6, 6.07) is 0. The number of nitrogens with one attached hydrogen (secondary N) is 1. The van der Waals surface area contributed by atoms with Gasteiger partial charge in [-0.25, -0.2) is 0 Å². The number of rotatable bonds is 3. The first-order valence-electron chi connectivity index (χ1n) is 5.66. The zero-order chi connectivity index (χ0) is 11.5. The molecule has 88 valence electrons. The van der Waals surface area contributed by atoms with E-state index in [-0.39, 0.29) is 12.5 Å². The fourth-order valence-electron chi connectivity index (χ4n) is 2.09. The number of H-pyrrole nitrogens is 1. The van der Waals surface area contributed by atoms with E-state index in [1.807, 2.05) is 0 Å². The Labute approximate surface area is 94.5 Å². The number of fused-ring (bicyclic) bond motifs is 1. The van der Waals surface area contributed by atoms with Crippen LogP contribution in [0.4, 0.5) is 0 Å². The lowest BCUT2D eigenvalue weighted by Gasteiger charge is -2.16. The van der Waals surface area contributed by atoms with Crippen molar-refractivity contribution in [2.24, 2.45) is 0 Å². The molecule has 0 spiro atoms. The number of hydrogen-bond donors (Lipinski definition) is 2. The molecule has 16 heavy (non-hydrogen) atoms. The molecule has 0 fully saturated rings. The predicted octanol–water partition coefficient (Wildman–Crippen LogP) is 0.353. The van der Waals surface area contributed by atoms with Crippen molar-refractivity contribution in [2.45, 2.75) is 25.7 Å². The molecule has 5 nitrogen and oxygen atoms in total. The molecule has 0 aromatic carbocycles. The third-order valence-electron chi connectivity index (χ3n) is 3.04. The number of carbonyl (C=O) groups excluding carboxylic acids is 1. The van der Waals surface area contributed by atoms with Crippen LogP contribution in [0.2, 0.25) is 0 Å². The van der Waals surface area contributed by atoms with Crippen LogP contribution in [0.15, 0.2) is 0 Å². The van der Waals surface area contributed by atoms with Gasteiger partial charge in [0.05, 0.1) is 6.61 Å². The van der Waals surface area contributed by atoms with E-state index in [9.17, 15) is 4.79 Å². The third kappa shape index (κ3) is 1.95. The summed E-state index contributed by atoms with van der Waals surface area (Å²) < 4.78 is 0. The topological polar surface area (TPSA) is 69.2 Å². The average Bonchev–Trinajstić information content (AvgIpc) is 2.72. The minimum atomic E-state index is -0.103. The number of nitrogens with zero attached hydrogens (tertiary/aromatic N) is 2. The molecule has 1 amide bonds. The smallest absolute Gasteiger partial charge is 0.274 e. The maximum atomic E-state index is 12.0. The Morgan fingerprint density at radius 1 is 1.50 bits per heavy atom. The van der Waals surface area contributed by atoms with E-state index in [1.54, 1.807) is 7.05 Å². The van der Waals surface area contributed by atoms with E-state index in [2.05, 4.69) is 10.2 Å². The minimum absolute atomic E-state index is 0.0190. The lowest BCUT2D eigenvalue weighted by molar-refractivity contribution is 0.0760. The highest BCUT2D eigenvalue weighted by Crippen LogP contribution is 2.22. The van der Waals surface area contributed by atoms with Crippen molar-refractivity contribution in [1.29, 1.82) is 0 Å². The maximum absolute atomic E-state index is 12.0. The fraction of sp³-hybridized carbons (Fsp3) is 0.636. The molecule has 0 saturated heterocycles. The number of aromatic nitrogens is 2. The molecule has 1 aliphatic carbocycles.